The smallest absolute Gasteiger partial charge is 0.194 e. The van der Waals surface area contributed by atoms with Crippen LogP contribution in [0.5, 0.6) is 5.75 Å². The van der Waals surface area contributed by atoms with Gasteiger partial charge < -0.3 is 19.5 Å². The molecule has 0 amide bonds. The van der Waals surface area contributed by atoms with Crippen molar-refractivity contribution in [3.05, 3.63) is 48.5 Å². The zero-order valence-electron chi connectivity index (χ0n) is 16.4. The lowest BCUT2D eigenvalue weighted by atomic mass is 10.2. The summed E-state index contributed by atoms with van der Waals surface area (Å²) in [6.07, 6.45) is 3.87. The van der Waals surface area contributed by atoms with Crippen LogP contribution in [0.2, 0.25) is 0 Å². The molecule has 142 valence electrons. The van der Waals surface area contributed by atoms with E-state index in [1.54, 1.807) is 0 Å². The summed E-state index contributed by atoms with van der Waals surface area (Å²) in [5.41, 5.74) is 0. The van der Waals surface area contributed by atoms with Crippen LogP contribution in [0.4, 0.5) is 0 Å². The quantitative estimate of drug-likeness (QED) is 0.554. The first-order valence-corrected chi connectivity index (χ1v) is 9.27. The molecular weight excluding hydrogens is 326 g/mol. The summed E-state index contributed by atoms with van der Waals surface area (Å²) < 4.78 is 7.95. The first-order chi connectivity index (χ1) is 12.6. The number of ether oxygens (including phenoxy) is 1. The molecule has 6 heteroatoms. The molecule has 1 aromatic carbocycles. The molecule has 0 aliphatic heterocycles. The zero-order chi connectivity index (χ0) is 18.8. The molecule has 2 aromatic rings. The Morgan fingerprint density at radius 2 is 2.08 bits per heavy atom. The highest BCUT2D eigenvalue weighted by Crippen LogP contribution is 2.08. The van der Waals surface area contributed by atoms with Crippen LogP contribution in [0.1, 0.15) is 26.6 Å². The number of likely N-dealkylation sites (N-methyl/N-ethyl adjacent to an activating group) is 1. The first-order valence-electron chi connectivity index (χ1n) is 9.27. The maximum absolute atomic E-state index is 5.78. The second-order valence-corrected chi connectivity index (χ2v) is 6.64. The largest absolute Gasteiger partial charge is 0.492 e. The normalized spacial score (nSPS) is 11.7. The summed E-state index contributed by atoms with van der Waals surface area (Å²) in [5, 5.41) is 3.34. The lowest BCUT2D eigenvalue weighted by Crippen LogP contribution is -2.41. The predicted octanol–water partition coefficient (Wildman–Crippen LogP) is 3.02. The van der Waals surface area contributed by atoms with Crippen LogP contribution in [0, 0.1) is 5.92 Å². The van der Waals surface area contributed by atoms with Gasteiger partial charge >= 0.3 is 0 Å². The standard InChI is InChI=1S/C20H31N5O/c1-5-21-20(23-15-19-22-11-12-25(19)16-17(2)3)24(4)13-14-26-18-9-7-6-8-10-18/h6-12,17H,5,13-16H2,1-4H3,(H,21,23). The molecule has 1 aromatic heterocycles. The number of rotatable bonds is 9. The lowest BCUT2D eigenvalue weighted by Gasteiger charge is -2.22. The van der Waals surface area contributed by atoms with E-state index in [0.717, 1.165) is 37.2 Å². The highest BCUT2D eigenvalue weighted by Gasteiger charge is 2.08. The fourth-order valence-electron chi connectivity index (χ4n) is 2.59. The minimum Gasteiger partial charge on any atom is -0.492 e. The van der Waals surface area contributed by atoms with Crippen molar-refractivity contribution < 1.29 is 4.74 Å². The van der Waals surface area contributed by atoms with E-state index in [0.29, 0.717) is 19.1 Å². The third-order valence-electron chi connectivity index (χ3n) is 3.87. The van der Waals surface area contributed by atoms with Crippen LogP contribution in [-0.2, 0) is 13.1 Å². The van der Waals surface area contributed by atoms with E-state index in [2.05, 4.69) is 40.5 Å². The molecule has 0 unspecified atom stereocenters. The molecule has 0 bridgehead atoms. The maximum atomic E-state index is 5.78. The van der Waals surface area contributed by atoms with Gasteiger partial charge in [-0.3, -0.25) is 0 Å². The van der Waals surface area contributed by atoms with E-state index in [4.69, 9.17) is 9.73 Å². The van der Waals surface area contributed by atoms with Gasteiger partial charge in [-0.15, -0.1) is 0 Å². The number of nitrogens with zero attached hydrogens (tertiary/aromatic N) is 4. The van der Waals surface area contributed by atoms with Crippen molar-refractivity contribution in [2.24, 2.45) is 10.9 Å². The molecule has 26 heavy (non-hydrogen) atoms. The zero-order valence-corrected chi connectivity index (χ0v) is 16.4. The Labute approximate surface area is 156 Å². The molecule has 0 radical (unpaired) electrons. The second-order valence-electron chi connectivity index (χ2n) is 6.64. The molecule has 1 heterocycles. The predicted molar refractivity (Wildman–Crippen MR) is 106 cm³/mol. The minimum absolute atomic E-state index is 0.561. The van der Waals surface area contributed by atoms with Gasteiger partial charge in [0.2, 0.25) is 0 Å². The number of para-hydroxylation sites is 1. The third kappa shape index (κ3) is 6.43. The van der Waals surface area contributed by atoms with Crippen LogP contribution in [-0.4, -0.2) is 47.2 Å². The van der Waals surface area contributed by atoms with Crippen molar-refractivity contribution >= 4 is 5.96 Å². The molecule has 2 rings (SSSR count). The Morgan fingerprint density at radius 1 is 1.31 bits per heavy atom. The van der Waals surface area contributed by atoms with Crippen molar-refractivity contribution in [3.8, 4) is 5.75 Å². The highest BCUT2D eigenvalue weighted by molar-refractivity contribution is 5.79. The van der Waals surface area contributed by atoms with E-state index in [-0.39, 0.29) is 0 Å². The maximum Gasteiger partial charge on any atom is 0.194 e. The van der Waals surface area contributed by atoms with Gasteiger partial charge in [0.25, 0.3) is 0 Å². The Hall–Kier alpha value is -2.50. The van der Waals surface area contributed by atoms with Gasteiger partial charge in [0.15, 0.2) is 5.96 Å². The topological polar surface area (TPSA) is 54.7 Å². The van der Waals surface area contributed by atoms with Gasteiger partial charge in [-0.25, -0.2) is 9.98 Å². The average molecular weight is 358 g/mol. The molecule has 1 N–H and O–H groups in total. The summed E-state index contributed by atoms with van der Waals surface area (Å²) in [6.45, 7) is 10.2. The van der Waals surface area contributed by atoms with Crippen LogP contribution in [0.25, 0.3) is 0 Å². The van der Waals surface area contributed by atoms with Crippen LogP contribution >= 0.6 is 0 Å². The second kappa shape index (κ2) is 10.5. The van der Waals surface area contributed by atoms with E-state index in [9.17, 15) is 0 Å². The van der Waals surface area contributed by atoms with Gasteiger partial charge in [0.05, 0.1) is 6.54 Å². The van der Waals surface area contributed by atoms with Gasteiger partial charge in [-0.2, -0.15) is 0 Å². The van der Waals surface area contributed by atoms with Crippen molar-refractivity contribution in [2.45, 2.75) is 33.9 Å². The number of guanidine groups is 1. The van der Waals surface area contributed by atoms with Gasteiger partial charge in [0.1, 0.15) is 24.7 Å². The molecule has 0 aliphatic rings. The monoisotopic (exact) mass is 357 g/mol. The number of aliphatic imine (C=N–C) groups is 1. The SMILES string of the molecule is CCNC(=NCc1nccn1CC(C)C)N(C)CCOc1ccccc1. The van der Waals surface area contributed by atoms with Gasteiger partial charge in [-0.1, -0.05) is 32.0 Å². The lowest BCUT2D eigenvalue weighted by molar-refractivity contribution is 0.281. The summed E-state index contributed by atoms with van der Waals surface area (Å²) in [7, 11) is 2.02. The van der Waals surface area contributed by atoms with Gasteiger partial charge in [0, 0.05) is 32.5 Å². The number of hydrogen-bond acceptors (Lipinski definition) is 3. The van der Waals surface area contributed by atoms with Crippen molar-refractivity contribution in [2.75, 3.05) is 26.7 Å². The van der Waals surface area contributed by atoms with Crippen LogP contribution in [0.15, 0.2) is 47.7 Å². The summed E-state index contributed by atoms with van der Waals surface area (Å²) in [5.74, 6) is 3.32. The molecule has 0 saturated heterocycles. The van der Waals surface area contributed by atoms with Crippen LogP contribution < -0.4 is 10.1 Å². The Balaban J connectivity index is 1.91. The molecule has 0 spiro atoms. The summed E-state index contributed by atoms with van der Waals surface area (Å²) >= 11 is 0. The Kier molecular flexibility index (Phi) is 7.99. The third-order valence-corrected chi connectivity index (χ3v) is 3.87. The molecular formula is C20H31N5O. The summed E-state index contributed by atoms with van der Waals surface area (Å²) in [6, 6.07) is 9.87. The number of imidazole rings is 1. The van der Waals surface area contributed by atoms with Crippen molar-refractivity contribution in [1.29, 1.82) is 0 Å². The van der Waals surface area contributed by atoms with Crippen LogP contribution in [0.3, 0.4) is 0 Å². The molecule has 0 fully saturated rings. The van der Waals surface area contributed by atoms with E-state index < -0.39 is 0 Å². The van der Waals surface area contributed by atoms with Gasteiger partial charge in [-0.05, 0) is 25.0 Å². The minimum atomic E-state index is 0.561. The number of nitrogens with one attached hydrogen (secondary N) is 1. The summed E-state index contributed by atoms with van der Waals surface area (Å²) in [4.78, 5) is 11.3. The average Bonchev–Trinajstić information content (AvgIpc) is 3.05. The fourth-order valence-corrected chi connectivity index (χ4v) is 2.59. The van der Waals surface area contributed by atoms with E-state index >= 15 is 0 Å². The first kappa shape index (κ1) is 19.8. The molecule has 0 aliphatic carbocycles. The Bertz CT molecular complexity index is 666. The fraction of sp³-hybridized carbons (Fsp3) is 0.500. The van der Waals surface area contributed by atoms with E-state index in [1.807, 2.05) is 49.8 Å². The van der Waals surface area contributed by atoms with Crippen molar-refractivity contribution in [1.82, 2.24) is 19.8 Å². The molecule has 6 nitrogen and oxygen atoms in total. The van der Waals surface area contributed by atoms with Crippen molar-refractivity contribution in [3.63, 3.8) is 0 Å². The van der Waals surface area contributed by atoms with E-state index in [1.165, 1.54) is 0 Å². The molecule has 0 saturated carbocycles. The number of benzene rings is 1. The highest BCUT2D eigenvalue weighted by atomic mass is 16.5. The number of hydrogen-bond donors (Lipinski definition) is 1. The molecule has 0 atom stereocenters. The number of aromatic nitrogens is 2. The Morgan fingerprint density at radius 3 is 2.77 bits per heavy atom.